The van der Waals surface area contributed by atoms with Gasteiger partial charge in [0.1, 0.15) is 11.9 Å². The van der Waals surface area contributed by atoms with Gasteiger partial charge >= 0.3 is 0 Å². The first-order chi connectivity index (χ1) is 9.74. The van der Waals surface area contributed by atoms with Gasteiger partial charge in [0.05, 0.1) is 11.8 Å². The van der Waals surface area contributed by atoms with E-state index < -0.39 is 0 Å². The highest BCUT2D eigenvalue weighted by molar-refractivity contribution is 5.47. The van der Waals surface area contributed by atoms with Crippen LogP contribution in [-0.4, -0.2) is 50.2 Å². The van der Waals surface area contributed by atoms with Crippen LogP contribution in [0.25, 0.3) is 0 Å². The summed E-state index contributed by atoms with van der Waals surface area (Å²) in [5.74, 6) is -0.163. The van der Waals surface area contributed by atoms with E-state index in [4.69, 9.17) is 5.26 Å². The maximum absolute atomic E-state index is 13.7. The lowest BCUT2D eigenvalue weighted by molar-refractivity contribution is 0.244. The number of nitriles is 1. The van der Waals surface area contributed by atoms with E-state index in [0.29, 0.717) is 5.69 Å². The number of benzene rings is 1. The third-order valence-electron chi connectivity index (χ3n) is 3.61. The molecule has 0 bridgehead atoms. The monoisotopic (exact) mass is 276 g/mol. The van der Waals surface area contributed by atoms with Gasteiger partial charge in [0.25, 0.3) is 0 Å². The fourth-order valence-electron chi connectivity index (χ4n) is 2.54. The smallest absolute Gasteiger partial charge is 0.146 e. The van der Waals surface area contributed by atoms with Crippen molar-refractivity contribution in [3.05, 3.63) is 30.1 Å². The van der Waals surface area contributed by atoms with Gasteiger partial charge in [-0.1, -0.05) is 19.1 Å². The minimum atomic E-state index is -0.163. The summed E-state index contributed by atoms with van der Waals surface area (Å²) in [6.45, 7) is 6.84. The zero-order valence-corrected chi connectivity index (χ0v) is 11.8. The van der Waals surface area contributed by atoms with Gasteiger partial charge in [0.2, 0.25) is 0 Å². The Hall–Kier alpha value is -1.64. The van der Waals surface area contributed by atoms with E-state index in [9.17, 15) is 4.39 Å². The van der Waals surface area contributed by atoms with E-state index in [1.54, 1.807) is 6.07 Å². The van der Waals surface area contributed by atoms with E-state index in [1.165, 1.54) is 6.07 Å². The molecule has 0 aromatic heterocycles. The molecule has 108 valence electrons. The molecule has 1 N–H and O–H groups in total. The molecule has 1 aliphatic rings. The second-order valence-electron chi connectivity index (χ2n) is 4.98. The van der Waals surface area contributed by atoms with E-state index in [2.05, 4.69) is 21.2 Å². The number of nitrogens with zero attached hydrogens (tertiary/aromatic N) is 3. The Morgan fingerprint density at radius 3 is 2.60 bits per heavy atom. The zero-order chi connectivity index (χ0) is 14.4. The average molecular weight is 276 g/mol. The van der Waals surface area contributed by atoms with Gasteiger partial charge in [-0.3, -0.25) is 4.90 Å². The van der Waals surface area contributed by atoms with Crippen LogP contribution in [-0.2, 0) is 0 Å². The second-order valence-corrected chi connectivity index (χ2v) is 4.98. The van der Waals surface area contributed by atoms with E-state index >= 15 is 0 Å². The van der Waals surface area contributed by atoms with Crippen molar-refractivity contribution >= 4 is 5.69 Å². The number of nitrogens with one attached hydrogen (secondary N) is 1. The quantitative estimate of drug-likeness (QED) is 0.884. The van der Waals surface area contributed by atoms with Crippen molar-refractivity contribution in [3.63, 3.8) is 0 Å². The summed E-state index contributed by atoms with van der Waals surface area (Å²) < 4.78 is 13.7. The molecule has 2 rings (SSSR count). The van der Waals surface area contributed by atoms with Crippen LogP contribution in [0.3, 0.4) is 0 Å². The molecule has 20 heavy (non-hydrogen) atoms. The number of rotatable bonds is 5. The highest BCUT2D eigenvalue weighted by Crippen LogP contribution is 2.20. The maximum atomic E-state index is 13.7. The molecular weight excluding hydrogens is 255 g/mol. The number of likely N-dealkylation sites (N-methyl/N-ethyl adjacent to an activating group) is 1. The number of para-hydroxylation sites is 1. The second kappa shape index (κ2) is 7.22. The van der Waals surface area contributed by atoms with Gasteiger partial charge in [-0.15, -0.1) is 0 Å². The molecule has 0 spiro atoms. The van der Waals surface area contributed by atoms with Crippen molar-refractivity contribution in [2.24, 2.45) is 0 Å². The van der Waals surface area contributed by atoms with Gasteiger partial charge in [-0.25, -0.2) is 4.39 Å². The van der Waals surface area contributed by atoms with Crippen LogP contribution >= 0.6 is 0 Å². The van der Waals surface area contributed by atoms with Gasteiger partial charge in [-0.2, -0.15) is 5.26 Å². The molecule has 1 aromatic carbocycles. The third-order valence-corrected chi connectivity index (χ3v) is 3.61. The number of anilines is 1. The largest absolute Gasteiger partial charge is 0.367 e. The molecule has 1 unspecified atom stereocenters. The fourth-order valence-corrected chi connectivity index (χ4v) is 2.54. The first-order valence-corrected chi connectivity index (χ1v) is 7.09. The topological polar surface area (TPSA) is 42.3 Å². The van der Waals surface area contributed by atoms with Crippen LogP contribution in [0.4, 0.5) is 10.1 Å². The first-order valence-electron chi connectivity index (χ1n) is 7.09. The molecule has 1 aromatic rings. The molecule has 0 saturated carbocycles. The average Bonchev–Trinajstić information content (AvgIpc) is 2.48. The van der Waals surface area contributed by atoms with Crippen LogP contribution in [0.5, 0.6) is 0 Å². The molecule has 1 saturated heterocycles. The molecule has 1 aliphatic heterocycles. The minimum Gasteiger partial charge on any atom is -0.367 e. The normalized spacial score (nSPS) is 17.8. The molecule has 4 nitrogen and oxygen atoms in total. The molecule has 1 atom stereocenters. The summed E-state index contributed by atoms with van der Waals surface area (Å²) in [5, 5.41) is 12.2. The zero-order valence-electron chi connectivity index (χ0n) is 11.8. The summed E-state index contributed by atoms with van der Waals surface area (Å²) in [4.78, 5) is 4.33. The molecule has 1 fully saturated rings. The molecule has 1 heterocycles. The number of piperazine rings is 1. The lowest BCUT2D eigenvalue weighted by atomic mass is 10.2. The Labute approximate surface area is 119 Å². The van der Waals surface area contributed by atoms with Gasteiger partial charge in [-0.05, 0) is 18.7 Å². The summed E-state index contributed by atoms with van der Waals surface area (Å²) in [6.07, 6.45) is 0. The summed E-state index contributed by atoms with van der Waals surface area (Å²) in [7, 11) is 0. The van der Waals surface area contributed by atoms with Gasteiger partial charge in [0.15, 0.2) is 0 Å². The lowest BCUT2D eigenvalue weighted by Crippen LogP contribution is -2.50. The maximum Gasteiger partial charge on any atom is 0.146 e. The van der Waals surface area contributed by atoms with Crippen LogP contribution in [0, 0.1) is 17.1 Å². The predicted octanol–water partition coefficient (Wildman–Crippen LogP) is 1.45. The Bertz CT molecular complexity index is 463. The van der Waals surface area contributed by atoms with Gasteiger partial charge < -0.3 is 10.2 Å². The van der Waals surface area contributed by atoms with Crippen LogP contribution in [0.1, 0.15) is 6.92 Å². The van der Waals surface area contributed by atoms with Crippen molar-refractivity contribution in [3.8, 4) is 6.07 Å². The standard InChI is InChI=1S/C15H21FN4/c1-2-18-13(11-17)12-19-7-9-20(10-8-19)15-6-4-3-5-14(15)16/h3-6,13,18H,2,7-10,12H2,1H3. The molecule has 0 aliphatic carbocycles. The van der Waals surface area contributed by atoms with E-state index in [0.717, 1.165) is 39.3 Å². The summed E-state index contributed by atoms with van der Waals surface area (Å²) in [6, 6.07) is 9.04. The lowest BCUT2D eigenvalue weighted by Gasteiger charge is -2.36. The first kappa shape index (κ1) is 14.8. The van der Waals surface area contributed by atoms with Crippen molar-refractivity contribution < 1.29 is 4.39 Å². The number of hydrogen-bond acceptors (Lipinski definition) is 4. The molecular formula is C15H21FN4. The fraction of sp³-hybridized carbons (Fsp3) is 0.533. The van der Waals surface area contributed by atoms with Crippen LogP contribution < -0.4 is 10.2 Å². The van der Waals surface area contributed by atoms with Crippen LogP contribution in [0.15, 0.2) is 24.3 Å². The Morgan fingerprint density at radius 2 is 2.00 bits per heavy atom. The van der Waals surface area contributed by atoms with Crippen LogP contribution in [0.2, 0.25) is 0 Å². The Morgan fingerprint density at radius 1 is 1.30 bits per heavy atom. The predicted molar refractivity (Wildman–Crippen MR) is 78.1 cm³/mol. The highest BCUT2D eigenvalue weighted by Gasteiger charge is 2.21. The van der Waals surface area contributed by atoms with Crippen molar-refractivity contribution in [2.75, 3.05) is 44.2 Å². The SMILES string of the molecule is CCNC(C#N)CN1CCN(c2ccccc2F)CC1. The van der Waals surface area contributed by atoms with E-state index in [1.807, 2.05) is 19.1 Å². The van der Waals surface area contributed by atoms with Crippen molar-refractivity contribution in [1.29, 1.82) is 5.26 Å². The number of halogens is 1. The minimum absolute atomic E-state index is 0.125. The summed E-state index contributed by atoms with van der Waals surface area (Å²) >= 11 is 0. The van der Waals surface area contributed by atoms with Crippen molar-refractivity contribution in [1.82, 2.24) is 10.2 Å². The highest BCUT2D eigenvalue weighted by atomic mass is 19.1. The molecule has 0 amide bonds. The third kappa shape index (κ3) is 3.69. The summed E-state index contributed by atoms with van der Waals surface area (Å²) in [5.41, 5.74) is 0.677. The Balaban J connectivity index is 1.87. The Kier molecular flexibility index (Phi) is 5.33. The van der Waals surface area contributed by atoms with Gasteiger partial charge in [0, 0.05) is 32.7 Å². The number of hydrogen-bond donors (Lipinski definition) is 1. The molecule has 5 heteroatoms. The van der Waals surface area contributed by atoms with E-state index in [-0.39, 0.29) is 11.9 Å². The van der Waals surface area contributed by atoms with Crippen molar-refractivity contribution in [2.45, 2.75) is 13.0 Å². The molecule has 0 radical (unpaired) electrons.